The van der Waals surface area contributed by atoms with Crippen LogP contribution < -0.4 is 0 Å². The maximum atomic E-state index is 4.95. The Morgan fingerprint density at radius 3 is 2.80 bits per heavy atom. The molecule has 0 saturated heterocycles. The van der Waals surface area contributed by atoms with Crippen molar-refractivity contribution in [2.75, 3.05) is 7.11 Å². The van der Waals surface area contributed by atoms with E-state index in [2.05, 4.69) is 20.9 Å². The van der Waals surface area contributed by atoms with Gasteiger partial charge in [-0.15, -0.1) is 11.3 Å². The van der Waals surface area contributed by atoms with Gasteiger partial charge in [0, 0.05) is 12.0 Å². The predicted molar refractivity (Wildman–Crippen MR) is 45.3 cm³/mol. The van der Waals surface area contributed by atoms with E-state index in [1.165, 1.54) is 4.88 Å². The molecule has 56 valence electrons. The average Bonchev–Trinajstić information content (AvgIpc) is 2.13. The van der Waals surface area contributed by atoms with Crippen molar-refractivity contribution >= 4 is 27.3 Å². The lowest BCUT2D eigenvalue weighted by atomic mass is 10.4. The summed E-state index contributed by atoms with van der Waals surface area (Å²) in [5.74, 6) is 0. The summed E-state index contributed by atoms with van der Waals surface area (Å²) in [6, 6.07) is 0. The Hall–Kier alpha value is 0.0700. The molecule has 4 heteroatoms. The van der Waals surface area contributed by atoms with Crippen molar-refractivity contribution in [1.82, 2.24) is 4.98 Å². The van der Waals surface area contributed by atoms with Gasteiger partial charge in [0.1, 0.15) is 0 Å². The lowest BCUT2D eigenvalue weighted by molar-refractivity contribution is 0.181. The van der Waals surface area contributed by atoms with Crippen molar-refractivity contribution in [3.63, 3.8) is 0 Å². The highest BCUT2D eigenvalue weighted by Crippen LogP contribution is 2.22. The highest BCUT2D eigenvalue weighted by molar-refractivity contribution is 9.11. The van der Waals surface area contributed by atoms with E-state index < -0.39 is 0 Å². The summed E-state index contributed by atoms with van der Waals surface area (Å²) in [5, 5.41) is 0. The molecule has 0 N–H and O–H groups in total. The Balaban J connectivity index is 2.81. The summed E-state index contributed by atoms with van der Waals surface area (Å²) < 4.78 is 5.87. The Morgan fingerprint density at radius 1 is 1.70 bits per heavy atom. The number of halogens is 1. The lowest BCUT2D eigenvalue weighted by Gasteiger charge is -1.92. The molecular weight excluding hydrogens is 214 g/mol. The van der Waals surface area contributed by atoms with Gasteiger partial charge in [-0.3, -0.25) is 0 Å². The van der Waals surface area contributed by atoms with E-state index in [0.29, 0.717) is 6.61 Å². The molecule has 1 aromatic rings. The molecule has 0 atom stereocenters. The minimum absolute atomic E-state index is 0.605. The zero-order valence-electron chi connectivity index (χ0n) is 5.85. The van der Waals surface area contributed by atoms with E-state index in [9.17, 15) is 0 Å². The lowest BCUT2D eigenvalue weighted by Crippen LogP contribution is -1.88. The second kappa shape index (κ2) is 3.46. The van der Waals surface area contributed by atoms with E-state index in [4.69, 9.17) is 4.74 Å². The molecule has 1 rings (SSSR count). The van der Waals surface area contributed by atoms with E-state index in [-0.39, 0.29) is 0 Å². The fraction of sp³-hybridized carbons (Fsp3) is 0.500. The first kappa shape index (κ1) is 8.17. The fourth-order valence-corrected chi connectivity index (χ4v) is 2.24. The molecule has 0 fully saturated rings. The molecule has 0 bridgehead atoms. The maximum absolute atomic E-state index is 4.95. The van der Waals surface area contributed by atoms with Gasteiger partial charge >= 0.3 is 0 Å². The minimum atomic E-state index is 0.605. The van der Waals surface area contributed by atoms with Crippen LogP contribution in [0.3, 0.4) is 0 Å². The van der Waals surface area contributed by atoms with Gasteiger partial charge in [-0.05, 0) is 22.9 Å². The molecule has 1 aromatic heterocycles. The molecule has 0 saturated carbocycles. The smallest absolute Gasteiger partial charge is 0.159 e. The standard InChI is InChI=1S/C6H8BrNOS/c1-4-5(3-9-2)8-6(7)10-4/h3H2,1-2H3. The quantitative estimate of drug-likeness (QED) is 0.766. The maximum Gasteiger partial charge on any atom is 0.159 e. The number of thiazole rings is 1. The largest absolute Gasteiger partial charge is 0.378 e. The first-order valence-electron chi connectivity index (χ1n) is 2.84. The van der Waals surface area contributed by atoms with Gasteiger partial charge in [-0.2, -0.15) is 0 Å². The van der Waals surface area contributed by atoms with E-state index in [1.807, 2.05) is 6.92 Å². The molecular formula is C6H8BrNOS. The number of aryl methyl sites for hydroxylation is 1. The highest BCUT2D eigenvalue weighted by atomic mass is 79.9. The van der Waals surface area contributed by atoms with Gasteiger partial charge in [0.15, 0.2) is 3.92 Å². The zero-order chi connectivity index (χ0) is 7.56. The van der Waals surface area contributed by atoms with Crippen molar-refractivity contribution in [3.05, 3.63) is 14.5 Å². The molecule has 0 aliphatic heterocycles. The van der Waals surface area contributed by atoms with Crippen LogP contribution in [-0.2, 0) is 11.3 Å². The summed E-state index contributed by atoms with van der Waals surface area (Å²) >= 11 is 4.94. The van der Waals surface area contributed by atoms with Crippen LogP contribution in [-0.4, -0.2) is 12.1 Å². The number of ether oxygens (including phenoxy) is 1. The molecule has 0 radical (unpaired) electrons. The van der Waals surface area contributed by atoms with Crippen LogP contribution >= 0.6 is 27.3 Å². The van der Waals surface area contributed by atoms with Crippen LogP contribution in [0.15, 0.2) is 3.92 Å². The number of aromatic nitrogens is 1. The van der Waals surface area contributed by atoms with Crippen molar-refractivity contribution in [2.45, 2.75) is 13.5 Å². The summed E-state index contributed by atoms with van der Waals surface area (Å²) in [5.41, 5.74) is 1.03. The van der Waals surface area contributed by atoms with Crippen LogP contribution in [0.25, 0.3) is 0 Å². The molecule has 1 heterocycles. The molecule has 0 aliphatic carbocycles. The molecule has 0 unspecified atom stereocenters. The van der Waals surface area contributed by atoms with Gasteiger partial charge in [0.2, 0.25) is 0 Å². The molecule has 0 amide bonds. The molecule has 0 aromatic carbocycles. The van der Waals surface area contributed by atoms with E-state index >= 15 is 0 Å². The Bertz CT molecular complexity index is 224. The van der Waals surface area contributed by atoms with Crippen molar-refractivity contribution in [2.24, 2.45) is 0 Å². The third-order valence-corrected chi connectivity index (χ3v) is 2.61. The van der Waals surface area contributed by atoms with Crippen molar-refractivity contribution in [3.8, 4) is 0 Å². The second-order valence-electron chi connectivity index (χ2n) is 1.90. The van der Waals surface area contributed by atoms with Crippen molar-refractivity contribution < 1.29 is 4.74 Å². The molecule has 2 nitrogen and oxygen atoms in total. The van der Waals surface area contributed by atoms with E-state index in [1.54, 1.807) is 18.4 Å². The number of nitrogens with zero attached hydrogens (tertiary/aromatic N) is 1. The van der Waals surface area contributed by atoms with Crippen LogP contribution in [0.2, 0.25) is 0 Å². The number of methoxy groups -OCH3 is 1. The van der Waals surface area contributed by atoms with Gasteiger partial charge in [-0.25, -0.2) is 4.98 Å². The number of hydrogen-bond acceptors (Lipinski definition) is 3. The highest BCUT2D eigenvalue weighted by Gasteiger charge is 2.03. The minimum Gasteiger partial charge on any atom is -0.378 e. The zero-order valence-corrected chi connectivity index (χ0v) is 8.25. The van der Waals surface area contributed by atoms with Gasteiger partial charge in [-0.1, -0.05) is 0 Å². The van der Waals surface area contributed by atoms with Crippen LogP contribution in [0.1, 0.15) is 10.6 Å². The first-order chi connectivity index (χ1) is 4.74. The van der Waals surface area contributed by atoms with E-state index in [0.717, 1.165) is 9.61 Å². The first-order valence-corrected chi connectivity index (χ1v) is 4.45. The summed E-state index contributed by atoms with van der Waals surface area (Å²) in [4.78, 5) is 5.43. The van der Waals surface area contributed by atoms with Gasteiger partial charge < -0.3 is 4.74 Å². The fourth-order valence-electron chi connectivity index (χ4n) is 0.664. The van der Waals surface area contributed by atoms with Crippen LogP contribution in [0.5, 0.6) is 0 Å². The monoisotopic (exact) mass is 221 g/mol. The van der Waals surface area contributed by atoms with Crippen LogP contribution in [0.4, 0.5) is 0 Å². The van der Waals surface area contributed by atoms with Gasteiger partial charge in [0.05, 0.1) is 12.3 Å². The van der Waals surface area contributed by atoms with Gasteiger partial charge in [0.25, 0.3) is 0 Å². The predicted octanol–water partition coefficient (Wildman–Crippen LogP) is 2.36. The Kier molecular flexibility index (Phi) is 2.82. The molecule has 10 heavy (non-hydrogen) atoms. The second-order valence-corrected chi connectivity index (χ2v) is 4.38. The third kappa shape index (κ3) is 1.78. The SMILES string of the molecule is COCc1nc(Br)sc1C. The third-order valence-electron chi connectivity index (χ3n) is 1.15. The Labute approximate surface area is 72.4 Å². The average molecular weight is 222 g/mol. The summed E-state index contributed by atoms with van der Waals surface area (Å²) in [7, 11) is 1.67. The van der Waals surface area contributed by atoms with Crippen molar-refractivity contribution in [1.29, 1.82) is 0 Å². The Morgan fingerprint density at radius 2 is 2.40 bits per heavy atom. The number of hydrogen-bond donors (Lipinski definition) is 0. The summed E-state index contributed by atoms with van der Waals surface area (Å²) in [6.07, 6.45) is 0. The number of rotatable bonds is 2. The topological polar surface area (TPSA) is 22.1 Å². The van der Waals surface area contributed by atoms with Crippen LogP contribution in [0, 0.1) is 6.92 Å². The normalized spacial score (nSPS) is 10.3. The molecule has 0 aliphatic rings. The molecule has 0 spiro atoms. The summed E-state index contributed by atoms with van der Waals surface area (Å²) in [6.45, 7) is 2.64.